The lowest BCUT2D eigenvalue weighted by molar-refractivity contribution is 0.652. The first kappa shape index (κ1) is 11.7. The van der Waals surface area contributed by atoms with Gasteiger partial charge < -0.3 is 11.5 Å². The van der Waals surface area contributed by atoms with Crippen molar-refractivity contribution in [3.8, 4) is 0 Å². The lowest BCUT2D eigenvalue weighted by atomic mass is 9.99. The summed E-state index contributed by atoms with van der Waals surface area (Å²) >= 11 is 0. The largest absolute Gasteiger partial charge is 0.398 e. The molecule has 0 spiro atoms. The summed E-state index contributed by atoms with van der Waals surface area (Å²) in [5, 5.41) is 0. The van der Waals surface area contributed by atoms with Crippen LogP contribution < -0.4 is 11.5 Å². The van der Waals surface area contributed by atoms with Crippen LogP contribution in [0.5, 0.6) is 0 Å². The third-order valence-electron chi connectivity index (χ3n) is 2.94. The van der Waals surface area contributed by atoms with Gasteiger partial charge in [0.2, 0.25) is 0 Å². The lowest BCUT2D eigenvalue weighted by Crippen LogP contribution is -2.11. The maximum absolute atomic E-state index is 6.14. The van der Waals surface area contributed by atoms with E-state index in [9.17, 15) is 0 Å². The molecule has 1 atom stereocenters. The second kappa shape index (κ2) is 5.51. The van der Waals surface area contributed by atoms with Gasteiger partial charge in [0.1, 0.15) is 0 Å². The van der Waals surface area contributed by atoms with Gasteiger partial charge in [-0.05, 0) is 36.1 Å². The average molecular weight is 225 g/mol. The highest BCUT2D eigenvalue weighted by molar-refractivity contribution is 5.46. The summed E-state index contributed by atoms with van der Waals surface area (Å²) in [6.07, 6.45) is 1.80. The summed E-state index contributed by atoms with van der Waals surface area (Å²) in [6.45, 7) is 0. The van der Waals surface area contributed by atoms with Crippen LogP contribution in [-0.4, -0.2) is 0 Å². The Kier molecular flexibility index (Phi) is 3.78. The normalized spacial score (nSPS) is 12.3. The van der Waals surface area contributed by atoms with E-state index in [4.69, 9.17) is 11.5 Å². The molecule has 0 bridgehead atoms. The minimum Gasteiger partial charge on any atom is -0.398 e. The molecular formula is C15H17N2. The molecular weight excluding hydrogens is 208 g/mol. The number of nitrogen functional groups attached to an aromatic ring is 1. The molecule has 2 aromatic rings. The van der Waals surface area contributed by atoms with Crippen molar-refractivity contribution in [1.29, 1.82) is 0 Å². The van der Waals surface area contributed by atoms with Crippen molar-refractivity contribution in [3.05, 3.63) is 65.7 Å². The molecule has 0 amide bonds. The Bertz CT molecular complexity index is 465. The zero-order valence-corrected chi connectivity index (χ0v) is 9.77. The smallest absolute Gasteiger partial charge is 0.0352 e. The first-order chi connectivity index (χ1) is 8.27. The van der Waals surface area contributed by atoms with Crippen LogP contribution in [0.15, 0.2) is 48.5 Å². The number of anilines is 1. The van der Waals surface area contributed by atoms with E-state index in [-0.39, 0.29) is 6.04 Å². The minimum atomic E-state index is 0.0692. The predicted molar refractivity (Wildman–Crippen MR) is 71.4 cm³/mol. The molecule has 17 heavy (non-hydrogen) atoms. The molecule has 0 fully saturated rings. The van der Waals surface area contributed by atoms with Gasteiger partial charge in [0, 0.05) is 11.7 Å². The molecule has 2 aromatic carbocycles. The van der Waals surface area contributed by atoms with E-state index >= 15 is 0 Å². The van der Waals surface area contributed by atoms with Gasteiger partial charge in [-0.25, -0.2) is 0 Å². The highest BCUT2D eigenvalue weighted by atomic mass is 14.6. The molecule has 87 valence electrons. The van der Waals surface area contributed by atoms with E-state index in [1.165, 1.54) is 5.56 Å². The monoisotopic (exact) mass is 225 g/mol. The second-order valence-corrected chi connectivity index (χ2v) is 4.18. The fraction of sp³-hybridized carbons (Fsp3) is 0.200. The van der Waals surface area contributed by atoms with Crippen LogP contribution in [0.4, 0.5) is 5.69 Å². The summed E-state index contributed by atoms with van der Waals surface area (Å²) < 4.78 is 0. The van der Waals surface area contributed by atoms with E-state index in [1.54, 1.807) is 0 Å². The number of rotatable bonds is 4. The van der Waals surface area contributed by atoms with Crippen molar-refractivity contribution in [2.45, 2.75) is 18.9 Å². The summed E-state index contributed by atoms with van der Waals surface area (Å²) in [4.78, 5) is 0. The zero-order valence-electron chi connectivity index (χ0n) is 9.77. The average Bonchev–Trinajstić information content (AvgIpc) is 2.38. The molecule has 4 N–H and O–H groups in total. The first-order valence-corrected chi connectivity index (χ1v) is 5.82. The predicted octanol–water partition coefficient (Wildman–Crippen LogP) is 2.70. The minimum absolute atomic E-state index is 0.0692. The van der Waals surface area contributed by atoms with Crippen LogP contribution in [0.3, 0.4) is 0 Å². The van der Waals surface area contributed by atoms with Gasteiger partial charge in [-0.3, -0.25) is 0 Å². The maximum Gasteiger partial charge on any atom is 0.0352 e. The fourth-order valence-electron chi connectivity index (χ4n) is 1.88. The SMILES string of the molecule is Nc1c[c]ccc1CC[C@@H](N)c1ccccc1. The van der Waals surface area contributed by atoms with Crippen molar-refractivity contribution >= 4 is 5.69 Å². The van der Waals surface area contributed by atoms with E-state index < -0.39 is 0 Å². The van der Waals surface area contributed by atoms with Gasteiger partial charge in [0.05, 0.1) is 0 Å². The fourth-order valence-corrected chi connectivity index (χ4v) is 1.88. The molecule has 0 aromatic heterocycles. The van der Waals surface area contributed by atoms with Crippen molar-refractivity contribution in [2.24, 2.45) is 5.73 Å². The Balaban J connectivity index is 1.97. The Hall–Kier alpha value is -1.80. The molecule has 0 aliphatic heterocycles. The highest BCUT2D eigenvalue weighted by Crippen LogP contribution is 2.19. The third kappa shape index (κ3) is 3.08. The third-order valence-corrected chi connectivity index (χ3v) is 2.94. The number of aryl methyl sites for hydroxylation is 1. The summed E-state index contributed by atoms with van der Waals surface area (Å²) in [7, 11) is 0. The van der Waals surface area contributed by atoms with Crippen LogP contribution in [-0.2, 0) is 6.42 Å². The molecule has 2 rings (SSSR count). The molecule has 0 heterocycles. The Morgan fingerprint density at radius 2 is 1.88 bits per heavy atom. The van der Waals surface area contributed by atoms with Gasteiger partial charge in [-0.2, -0.15) is 0 Å². The topological polar surface area (TPSA) is 52.0 Å². The van der Waals surface area contributed by atoms with Crippen LogP contribution in [0.1, 0.15) is 23.6 Å². The molecule has 0 unspecified atom stereocenters. The van der Waals surface area contributed by atoms with E-state index in [1.807, 2.05) is 36.4 Å². The molecule has 0 saturated heterocycles. The standard InChI is InChI=1S/C15H17N2/c16-14-9-5-4-8-13(14)10-11-15(17)12-6-2-1-3-7-12/h1-4,6-9,15H,10-11,16-17H2/t15-/m1/s1. The molecule has 2 nitrogen and oxygen atoms in total. The van der Waals surface area contributed by atoms with Crippen molar-refractivity contribution in [2.75, 3.05) is 5.73 Å². The number of hydrogen-bond donors (Lipinski definition) is 2. The van der Waals surface area contributed by atoms with Gasteiger partial charge in [-0.1, -0.05) is 42.5 Å². The summed E-state index contributed by atoms with van der Waals surface area (Å²) in [5.41, 5.74) is 15.1. The van der Waals surface area contributed by atoms with Crippen LogP contribution in [0.2, 0.25) is 0 Å². The maximum atomic E-state index is 6.14. The second-order valence-electron chi connectivity index (χ2n) is 4.18. The lowest BCUT2D eigenvalue weighted by Gasteiger charge is -2.12. The van der Waals surface area contributed by atoms with Gasteiger partial charge in [-0.15, -0.1) is 0 Å². The van der Waals surface area contributed by atoms with Gasteiger partial charge in [0.15, 0.2) is 0 Å². The molecule has 0 saturated carbocycles. The Morgan fingerprint density at radius 1 is 1.12 bits per heavy atom. The molecule has 1 radical (unpaired) electrons. The Labute approximate surface area is 102 Å². The summed E-state index contributed by atoms with van der Waals surface area (Å²) in [6, 6.07) is 18.9. The number of nitrogens with two attached hydrogens (primary N) is 2. The highest BCUT2D eigenvalue weighted by Gasteiger charge is 2.06. The van der Waals surface area contributed by atoms with E-state index in [2.05, 4.69) is 18.2 Å². The number of hydrogen-bond acceptors (Lipinski definition) is 2. The van der Waals surface area contributed by atoms with Crippen LogP contribution in [0, 0.1) is 6.07 Å². The molecule has 0 aliphatic rings. The van der Waals surface area contributed by atoms with Crippen molar-refractivity contribution in [1.82, 2.24) is 0 Å². The first-order valence-electron chi connectivity index (χ1n) is 5.82. The quantitative estimate of drug-likeness (QED) is 0.786. The van der Waals surface area contributed by atoms with Crippen molar-refractivity contribution < 1.29 is 0 Å². The van der Waals surface area contributed by atoms with E-state index in [0.717, 1.165) is 24.1 Å². The van der Waals surface area contributed by atoms with Crippen LogP contribution >= 0.6 is 0 Å². The zero-order chi connectivity index (χ0) is 12.1. The molecule has 0 aliphatic carbocycles. The summed E-state index contributed by atoms with van der Waals surface area (Å²) in [5.74, 6) is 0. The Morgan fingerprint density at radius 3 is 2.59 bits per heavy atom. The van der Waals surface area contributed by atoms with Gasteiger partial charge in [0.25, 0.3) is 0 Å². The van der Waals surface area contributed by atoms with E-state index in [0.29, 0.717) is 0 Å². The van der Waals surface area contributed by atoms with Crippen molar-refractivity contribution in [3.63, 3.8) is 0 Å². The van der Waals surface area contributed by atoms with Gasteiger partial charge >= 0.3 is 0 Å². The van der Waals surface area contributed by atoms with Crippen LogP contribution in [0.25, 0.3) is 0 Å². The molecule has 2 heteroatoms. The number of benzene rings is 2.